The van der Waals surface area contributed by atoms with Crippen molar-refractivity contribution < 1.29 is 0 Å². The maximum absolute atomic E-state index is 4.92. The van der Waals surface area contributed by atoms with E-state index in [1.807, 2.05) is 25.1 Å². The average molecular weight is 356 g/mol. The summed E-state index contributed by atoms with van der Waals surface area (Å²) in [5.41, 5.74) is 8.34. The summed E-state index contributed by atoms with van der Waals surface area (Å²) in [6.45, 7) is 8.37. The molecule has 1 aromatic carbocycles. The van der Waals surface area contributed by atoms with Gasteiger partial charge < -0.3 is 9.97 Å². The molecule has 2 N–H and O–H groups in total. The van der Waals surface area contributed by atoms with Crippen LogP contribution in [0.5, 0.6) is 0 Å². The zero-order chi connectivity index (χ0) is 19.0. The number of H-pyrrole nitrogens is 2. The van der Waals surface area contributed by atoms with Crippen molar-refractivity contribution in [3.05, 3.63) is 71.8 Å². The van der Waals surface area contributed by atoms with Crippen LogP contribution in [0, 0.1) is 13.8 Å². The number of aryl methyl sites for hydroxylation is 2. The van der Waals surface area contributed by atoms with Crippen LogP contribution in [0.1, 0.15) is 37.0 Å². The van der Waals surface area contributed by atoms with Crippen molar-refractivity contribution in [3.8, 4) is 33.9 Å². The zero-order valence-electron chi connectivity index (χ0n) is 16.2. The minimum atomic E-state index is 0.316. The monoisotopic (exact) mass is 356 g/mol. The van der Waals surface area contributed by atoms with E-state index in [0.29, 0.717) is 5.92 Å². The molecule has 0 unspecified atom stereocenters. The number of hydrogen-bond donors (Lipinski definition) is 2. The third-order valence-corrected chi connectivity index (χ3v) is 4.69. The van der Waals surface area contributed by atoms with E-state index in [2.05, 4.69) is 67.1 Å². The van der Waals surface area contributed by atoms with Gasteiger partial charge in [0.25, 0.3) is 0 Å². The molecule has 0 fully saturated rings. The van der Waals surface area contributed by atoms with Crippen LogP contribution in [0.3, 0.4) is 0 Å². The van der Waals surface area contributed by atoms with Gasteiger partial charge in [-0.15, -0.1) is 0 Å². The van der Waals surface area contributed by atoms with Crippen LogP contribution in [0.15, 0.2) is 54.6 Å². The Bertz CT molecular complexity index is 1090. The number of benzene rings is 1. The van der Waals surface area contributed by atoms with Crippen LogP contribution >= 0.6 is 0 Å². The molecule has 0 saturated carbocycles. The molecule has 0 aliphatic carbocycles. The molecular formula is C23H24N4. The second-order valence-electron chi connectivity index (χ2n) is 7.30. The van der Waals surface area contributed by atoms with Crippen LogP contribution in [0.2, 0.25) is 0 Å². The molecule has 27 heavy (non-hydrogen) atoms. The Balaban J connectivity index is 1.86. The minimum absolute atomic E-state index is 0.316. The number of imidazole rings is 1. The van der Waals surface area contributed by atoms with Crippen molar-refractivity contribution in [2.45, 2.75) is 33.6 Å². The molecule has 3 aromatic heterocycles. The summed E-state index contributed by atoms with van der Waals surface area (Å²) in [4.78, 5) is 16.5. The molecule has 0 aliphatic heterocycles. The number of nitrogens with one attached hydrogen (secondary N) is 2. The molecule has 4 aromatic rings. The van der Waals surface area contributed by atoms with E-state index in [1.165, 1.54) is 0 Å². The van der Waals surface area contributed by atoms with Gasteiger partial charge in [-0.05, 0) is 49.7 Å². The van der Waals surface area contributed by atoms with Crippen LogP contribution in [-0.2, 0) is 0 Å². The number of aromatic amines is 2. The lowest BCUT2D eigenvalue weighted by Gasteiger charge is -2.06. The van der Waals surface area contributed by atoms with E-state index >= 15 is 0 Å². The summed E-state index contributed by atoms with van der Waals surface area (Å²) in [5.74, 6) is 1.29. The van der Waals surface area contributed by atoms with Gasteiger partial charge >= 0.3 is 0 Å². The molecule has 0 radical (unpaired) electrons. The first-order valence-electron chi connectivity index (χ1n) is 9.31. The van der Waals surface area contributed by atoms with Crippen molar-refractivity contribution in [1.82, 2.24) is 19.9 Å². The SMILES string of the molecule is Cc1cccc(-c2[nH]c(C(C)C)nc2-c2cccc(-c3ccc(C)[nH]3)c2)n1. The lowest BCUT2D eigenvalue weighted by molar-refractivity contribution is 0.795. The zero-order valence-corrected chi connectivity index (χ0v) is 16.2. The molecule has 0 saturated heterocycles. The molecule has 3 heterocycles. The van der Waals surface area contributed by atoms with Gasteiger partial charge in [-0.1, -0.05) is 38.1 Å². The topological polar surface area (TPSA) is 57.4 Å². The molecular weight excluding hydrogens is 332 g/mol. The fourth-order valence-corrected chi connectivity index (χ4v) is 3.25. The van der Waals surface area contributed by atoms with Gasteiger partial charge in [-0.2, -0.15) is 0 Å². The summed E-state index contributed by atoms with van der Waals surface area (Å²) >= 11 is 0. The fourth-order valence-electron chi connectivity index (χ4n) is 3.25. The number of hydrogen-bond acceptors (Lipinski definition) is 2. The van der Waals surface area contributed by atoms with Gasteiger partial charge in [0.05, 0.1) is 17.1 Å². The average Bonchev–Trinajstić information content (AvgIpc) is 3.29. The van der Waals surface area contributed by atoms with Crippen LogP contribution in [0.4, 0.5) is 0 Å². The Kier molecular flexibility index (Phi) is 4.40. The van der Waals surface area contributed by atoms with E-state index in [-0.39, 0.29) is 0 Å². The molecule has 0 spiro atoms. The molecule has 0 aliphatic rings. The van der Waals surface area contributed by atoms with Crippen molar-refractivity contribution in [2.75, 3.05) is 0 Å². The van der Waals surface area contributed by atoms with E-state index in [0.717, 1.165) is 51.1 Å². The fraction of sp³-hybridized carbons (Fsp3) is 0.217. The van der Waals surface area contributed by atoms with Gasteiger partial charge in [-0.25, -0.2) is 4.98 Å². The molecule has 0 amide bonds. The Morgan fingerprint density at radius 2 is 1.59 bits per heavy atom. The molecule has 0 atom stereocenters. The van der Waals surface area contributed by atoms with E-state index in [1.54, 1.807) is 0 Å². The lowest BCUT2D eigenvalue weighted by atomic mass is 10.0. The van der Waals surface area contributed by atoms with Gasteiger partial charge in [0, 0.05) is 28.6 Å². The highest BCUT2D eigenvalue weighted by molar-refractivity contribution is 5.79. The second-order valence-corrected chi connectivity index (χ2v) is 7.30. The third-order valence-electron chi connectivity index (χ3n) is 4.69. The summed E-state index contributed by atoms with van der Waals surface area (Å²) in [5, 5.41) is 0. The van der Waals surface area contributed by atoms with E-state index < -0.39 is 0 Å². The maximum Gasteiger partial charge on any atom is 0.109 e. The molecule has 136 valence electrons. The highest BCUT2D eigenvalue weighted by Gasteiger charge is 2.17. The van der Waals surface area contributed by atoms with Crippen LogP contribution in [-0.4, -0.2) is 19.9 Å². The van der Waals surface area contributed by atoms with Crippen molar-refractivity contribution in [3.63, 3.8) is 0 Å². The highest BCUT2D eigenvalue weighted by atomic mass is 15.0. The first-order valence-corrected chi connectivity index (χ1v) is 9.31. The molecule has 4 rings (SSSR count). The van der Waals surface area contributed by atoms with E-state index in [4.69, 9.17) is 9.97 Å². The largest absolute Gasteiger partial charge is 0.359 e. The van der Waals surface area contributed by atoms with Gasteiger partial charge in [0.15, 0.2) is 0 Å². The number of nitrogens with zero attached hydrogens (tertiary/aromatic N) is 2. The second kappa shape index (κ2) is 6.88. The summed E-state index contributed by atoms with van der Waals surface area (Å²) in [6, 6.07) is 18.8. The van der Waals surface area contributed by atoms with Crippen molar-refractivity contribution in [2.24, 2.45) is 0 Å². The number of pyridine rings is 1. The van der Waals surface area contributed by atoms with Gasteiger partial charge in [0.1, 0.15) is 5.82 Å². The summed E-state index contributed by atoms with van der Waals surface area (Å²) in [6.07, 6.45) is 0. The standard InChI is InChI=1S/C23H24N4/c1-14(2)23-26-21(22(27-23)20-10-5-7-15(3)25-20)18-9-6-8-17(13-18)19-12-11-16(4)24-19/h5-14,24H,1-4H3,(H,26,27). The first kappa shape index (κ1) is 17.3. The first-order chi connectivity index (χ1) is 13.0. The Morgan fingerprint density at radius 1 is 0.815 bits per heavy atom. The summed E-state index contributed by atoms with van der Waals surface area (Å²) in [7, 11) is 0. The number of aromatic nitrogens is 4. The maximum atomic E-state index is 4.92. The highest BCUT2D eigenvalue weighted by Crippen LogP contribution is 2.33. The van der Waals surface area contributed by atoms with Crippen molar-refractivity contribution >= 4 is 0 Å². The normalized spacial score (nSPS) is 11.3. The Morgan fingerprint density at radius 3 is 2.30 bits per heavy atom. The Hall–Kier alpha value is -3.14. The predicted octanol–water partition coefficient (Wildman–Crippen LogP) is 5.87. The molecule has 4 nitrogen and oxygen atoms in total. The van der Waals surface area contributed by atoms with Gasteiger partial charge in [0.2, 0.25) is 0 Å². The van der Waals surface area contributed by atoms with Crippen LogP contribution < -0.4 is 0 Å². The lowest BCUT2D eigenvalue weighted by Crippen LogP contribution is -1.90. The predicted molar refractivity (Wildman–Crippen MR) is 111 cm³/mol. The quantitative estimate of drug-likeness (QED) is 0.480. The molecule has 0 bridgehead atoms. The summed E-state index contributed by atoms with van der Waals surface area (Å²) < 4.78 is 0. The van der Waals surface area contributed by atoms with Crippen molar-refractivity contribution in [1.29, 1.82) is 0 Å². The van der Waals surface area contributed by atoms with Crippen LogP contribution in [0.25, 0.3) is 33.9 Å². The smallest absolute Gasteiger partial charge is 0.109 e. The minimum Gasteiger partial charge on any atom is -0.359 e. The number of rotatable bonds is 4. The molecule has 4 heteroatoms. The van der Waals surface area contributed by atoms with E-state index in [9.17, 15) is 0 Å². The third kappa shape index (κ3) is 3.43. The van der Waals surface area contributed by atoms with Gasteiger partial charge in [-0.3, -0.25) is 4.98 Å². The Labute approximate surface area is 159 Å².